The van der Waals surface area contributed by atoms with E-state index in [0.717, 1.165) is 10.1 Å². The largest absolute Gasteiger partial charge is 0.354 e. The molecule has 0 bridgehead atoms. The summed E-state index contributed by atoms with van der Waals surface area (Å²) in [6.07, 6.45) is 0. The average molecular weight is 397 g/mol. The van der Waals surface area contributed by atoms with Crippen molar-refractivity contribution in [3.63, 3.8) is 0 Å². The minimum absolute atomic E-state index is 0.285. The molecule has 0 aliphatic heterocycles. The lowest BCUT2D eigenvalue weighted by molar-refractivity contribution is 0.702. The van der Waals surface area contributed by atoms with Crippen LogP contribution in [0, 0.1) is 0 Å². The number of fused-ring (bicyclic) bond motifs is 1. The lowest BCUT2D eigenvalue weighted by Crippen LogP contribution is -2.37. The first-order valence-electron chi connectivity index (χ1n) is 7.89. The Hall–Kier alpha value is -2.29. The quantitative estimate of drug-likeness (QED) is 0.673. The summed E-state index contributed by atoms with van der Waals surface area (Å²) < 4.78 is 4.09. The summed E-state index contributed by atoms with van der Waals surface area (Å²) in [5.74, 6) is 0.440. The molecule has 0 aliphatic carbocycles. The van der Waals surface area contributed by atoms with Gasteiger partial charge in [0.1, 0.15) is 0 Å². The van der Waals surface area contributed by atoms with E-state index in [1.807, 2.05) is 0 Å². The fourth-order valence-corrected chi connectivity index (χ4v) is 3.21. The van der Waals surface area contributed by atoms with E-state index in [1.54, 1.807) is 29.8 Å². The Labute approximate surface area is 158 Å². The predicted octanol–water partition coefficient (Wildman–Crippen LogP) is 1.16. The predicted molar refractivity (Wildman–Crippen MR) is 103 cm³/mol. The Balaban J connectivity index is 2.27. The van der Waals surface area contributed by atoms with Crippen LogP contribution in [-0.4, -0.2) is 31.8 Å². The summed E-state index contributed by atoms with van der Waals surface area (Å²) in [7, 11) is 3.01. The number of hydrogen-bond acceptors (Lipinski definition) is 5. The van der Waals surface area contributed by atoms with Gasteiger partial charge in [0.15, 0.2) is 11.2 Å². The van der Waals surface area contributed by atoms with Crippen LogP contribution >= 0.6 is 23.2 Å². The molecule has 26 heavy (non-hydrogen) atoms. The fourth-order valence-electron chi connectivity index (χ4n) is 2.74. The van der Waals surface area contributed by atoms with Crippen LogP contribution in [0.3, 0.4) is 0 Å². The molecular formula is C16H18Cl2N6O2. The van der Waals surface area contributed by atoms with Gasteiger partial charge in [-0.1, -0.05) is 29.3 Å². The van der Waals surface area contributed by atoms with Gasteiger partial charge in [0, 0.05) is 37.2 Å². The molecule has 138 valence electrons. The van der Waals surface area contributed by atoms with E-state index >= 15 is 0 Å². The number of nitrogens with two attached hydrogens (primary N) is 1. The number of aryl methyl sites for hydroxylation is 1. The zero-order valence-electron chi connectivity index (χ0n) is 14.3. The summed E-state index contributed by atoms with van der Waals surface area (Å²) in [5, 5.41) is 4.09. The smallest absolute Gasteiger partial charge is 0.332 e. The van der Waals surface area contributed by atoms with Crippen molar-refractivity contribution in [2.45, 2.75) is 6.54 Å². The number of anilines is 1. The highest BCUT2D eigenvalue weighted by Crippen LogP contribution is 2.24. The molecule has 2 heterocycles. The van der Waals surface area contributed by atoms with Crippen molar-refractivity contribution in [1.82, 2.24) is 18.7 Å². The van der Waals surface area contributed by atoms with E-state index in [-0.39, 0.29) is 6.54 Å². The molecule has 0 saturated carbocycles. The summed E-state index contributed by atoms with van der Waals surface area (Å²) in [4.78, 5) is 29.3. The lowest BCUT2D eigenvalue weighted by atomic mass is 10.2. The molecule has 0 atom stereocenters. The van der Waals surface area contributed by atoms with Crippen LogP contribution in [0.25, 0.3) is 11.2 Å². The first-order valence-corrected chi connectivity index (χ1v) is 8.65. The van der Waals surface area contributed by atoms with Crippen LogP contribution in [0.5, 0.6) is 0 Å². The van der Waals surface area contributed by atoms with Gasteiger partial charge in [-0.25, -0.2) is 4.79 Å². The van der Waals surface area contributed by atoms with E-state index in [2.05, 4.69) is 10.3 Å². The van der Waals surface area contributed by atoms with Crippen molar-refractivity contribution in [2.24, 2.45) is 19.8 Å². The number of rotatable bonds is 5. The molecule has 0 radical (unpaired) electrons. The highest BCUT2D eigenvalue weighted by Gasteiger charge is 2.19. The van der Waals surface area contributed by atoms with Gasteiger partial charge >= 0.3 is 5.69 Å². The maximum Gasteiger partial charge on any atom is 0.332 e. The second kappa shape index (κ2) is 7.14. The molecule has 3 aromatic rings. The molecule has 3 rings (SSSR count). The van der Waals surface area contributed by atoms with Crippen molar-refractivity contribution in [3.8, 4) is 0 Å². The minimum Gasteiger partial charge on any atom is -0.354 e. The third-order valence-corrected chi connectivity index (χ3v) is 4.71. The molecule has 0 unspecified atom stereocenters. The SMILES string of the molecule is Cn1c(=O)c2c(nc(NCCN)n2Cc2ccc(Cl)cc2Cl)n(C)c1=O. The van der Waals surface area contributed by atoms with E-state index < -0.39 is 11.2 Å². The summed E-state index contributed by atoms with van der Waals surface area (Å²) >= 11 is 12.2. The normalized spacial score (nSPS) is 11.3. The highest BCUT2D eigenvalue weighted by molar-refractivity contribution is 6.35. The standard InChI is InChI=1S/C16H18Cl2N6O2/c1-22-13-12(14(25)23(2)16(22)26)24(15(21-13)20-6-5-19)8-9-3-4-10(17)7-11(9)18/h3-4,7H,5-6,8,19H2,1-2H3,(H,20,21). The third-order valence-electron chi connectivity index (χ3n) is 4.12. The molecule has 3 N–H and O–H groups in total. The molecule has 8 nitrogen and oxygen atoms in total. The molecule has 1 aromatic carbocycles. The molecule has 2 aromatic heterocycles. The molecule has 0 saturated heterocycles. The van der Waals surface area contributed by atoms with Crippen molar-refractivity contribution >= 4 is 40.3 Å². The minimum atomic E-state index is -0.443. The third kappa shape index (κ3) is 3.11. The topological polar surface area (TPSA) is 99.9 Å². The monoisotopic (exact) mass is 396 g/mol. The maximum absolute atomic E-state index is 12.7. The summed E-state index contributed by atoms with van der Waals surface area (Å²) in [5.41, 5.74) is 6.06. The van der Waals surface area contributed by atoms with Crippen LogP contribution in [0.2, 0.25) is 10.0 Å². The van der Waals surface area contributed by atoms with Gasteiger partial charge < -0.3 is 11.1 Å². The molecule has 0 fully saturated rings. The van der Waals surface area contributed by atoms with Gasteiger partial charge in [0.05, 0.1) is 6.54 Å². The summed E-state index contributed by atoms with van der Waals surface area (Å²) in [6.45, 7) is 1.14. The second-order valence-electron chi connectivity index (χ2n) is 5.85. The number of hydrogen-bond donors (Lipinski definition) is 2. The summed E-state index contributed by atoms with van der Waals surface area (Å²) in [6, 6.07) is 5.15. The number of nitrogens with one attached hydrogen (secondary N) is 1. The van der Waals surface area contributed by atoms with Crippen LogP contribution in [0.15, 0.2) is 27.8 Å². The molecule has 0 amide bonds. The first kappa shape index (κ1) is 18.5. The average Bonchev–Trinajstić information content (AvgIpc) is 2.97. The van der Waals surface area contributed by atoms with Crippen LogP contribution in [0.1, 0.15) is 5.56 Å². The van der Waals surface area contributed by atoms with Crippen molar-refractivity contribution in [2.75, 3.05) is 18.4 Å². The maximum atomic E-state index is 12.7. The molecule has 0 aliphatic rings. The number of imidazole rings is 1. The van der Waals surface area contributed by atoms with Crippen molar-refractivity contribution in [1.29, 1.82) is 0 Å². The molecule has 10 heteroatoms. The van der Waals surface area contributed by atoms with Gasteiger partial charge in [-0.2, -0.15) is 4.98 Å². The zero-order chi connectivity index (χ0) is 19.0. The molecule has 0 spiro atoms. The number of aromatic nitrogens is 4. The van der Waals surface area contributed by atoms with Gasteiger partial charge in [0.25, 0.3) is 5.56 Å². The van der Waals surface area contributed by atoms with Gasteiger partial charge in [-0.05, 0) is 17.7 Å². The number of halogens is 2. The Morgan fingerprint density at radius 1 is 1.19 bits per heavy atom. The van der Waals surface area contributed by atoms with Crippen LogP contribution in [0.4, 0.5) is 5.95 Å². The van der Waals surface area contributed by atoms with Crippen molar-refractivity contribution in [3.05, 3.63) is 54.6 Å². The zero-order valence-corrected chi connectivity index (χ0v) is 15.8. The van der Waals surface area contributed by atoms with E-state index in [1.165, 1.54) is 11.6 Å². The van der Waals surface area contributed by atoms with Gasteiger partial charge in [0.2, 0.25) is 5.95 Å². The van der Waals surface area contributed by atoms with E-state index in [0.29, 0.717) is 40.2 Å². The van der Waals surface area contributed by atoms with E-state index in [4.69, 9.17) is 28.9 Å². The highest BCUT2D eigenvalue weighted by atomic mass is 35.5. The van der Waals surface area contributed by atoms with Gasteiger partial charge in [-0.15, -0.1) is 0 Å². The Morgan fingerprint density at radius 2 is 1.92 bits per heavy atom. The van der Waals surface area contributed by atoms with E-state index in [9.17, 15) is 9.59 Å². The van der Waals surface area contributed by atoms with Gasteiger partial charge in [-0.3, -0.25) is 18.5 Å². The fraction of sp³-hybridized carbons (Fsp3) is 0.312. The van der Waals surface area contributed by atoms with Crippen LogP contribution < -0.4 is 22.3 Å². The van der Waals surface area contributed by atoms with Crippen LogP contribution in [-0.2, 0) is 20.6 Å². The lowest BCUT2D eigenvalue weighted by Gasteiger charge is -2.12. The molecular weight excluding hydrogens is 379 g/mol. The Morgan fingerprint density at radius 3 is 2.58 bits per heavy atom. The van der Waals surface area contributed by atoms with Crippen molar-refractivity contribution < 1.29 is 0 Å². The second-order valence-corrected chi connectivity index (χ2v) is 6.69. The Bertz CT molecular complexity index is 1100. The number of benzene rings is 1. The first-order chi connectivity index (χ1) is 12.3. The Kier molecular flexibility index (Phi) is 5.08. The number of nitrogens with zero attached hydrogens (tertiary/aromatic N) is 4.